The Morgan fingerprint density at radius 2 is 1.20 bits per heavy atom. The van der Waals surface area contributed by atoms with Crippen LogP contribution in [0.2, 0.25) is 15.1 Å². The van der Waals surface area contributed by atoms with Crippen LogP contribution in [0.5, 0.6) is 0 Å². The zero-order valence-corrected chi connectivity index (χ0v) is 21.5. The standard InChI is InChI=1S/C28H21Cl3O4/c1-28(2,3)35-27(33)23-22(24(32)16-7-4-10-19(29)13-16)25(17-8-5-11-20(30)14-17)34-26(23)18-9-6-12-21(31)15-18/h4-15H,1-3H3. The molecular formula is C28H21Cl3O4. The second kappa shape index (κ2) is 9.90. The van der Waals surface area contributed by atoms with Gasteiger partial charge in [-0.2, -0.15) is 0 Å². The summed E-state index contributed by atoms with van der Waals surface area (Å²) in [6.07, 6.45) is 0. The molecule has 1 heterocycles. The predicted octanol–water partition coefficient (Wildman–Crippen LogP) is 8.76. The normalized spacial score (nSPS) is 11.4. The van der Waals surface area contributed by atoms with Crippen LogP contribution in [-0.4, -0.2) is 17.4 Å². The fourth-order valence-electron chi connectivity index (χ4n) is 3.61. The maximum atomic E-state index is 13.9. The molecule has 178 valence electrons. The predicted molar refractivity (Wildman–Crippen MR) is 140 cm³/mol. The molecule has 0 fully saturated rings. The van der Waals surface area contributed by atoms with Gasteiger partial charge in [0.2, 0.25) is 0 Å². The number of ether oxygens (including phenoxy) is 1. The molecule has 4 rings (SSSR count). The van der Waals surface area contributed by atoms with Gasteiger partial charge in [-0.05, 0) is 57.2 Å². The second-order valence-corrected chi connectivity index (χ2v) is 10.2. The number of carbonyl (C=O) groups excluding carboxylic acids is 2. The molecule has 0 atom stereocenters. The summed E-state index contributed by atoms with van der Waals surface area (Å²) < 4.78 is 12.0. The van der Waals surface area contributed by atoms with Crippen LogP contribution in [0.1, 0.15) is 47.1 Å². The lowest BCUT2D eigenvalue weighted by Crippen LogP contribution is -2.25. The Morgan fingerprint density at radius 3 is 1.69 bits per heavy atom. The highest BCUT2D eigenvalue weighted by atomic mass is 35.5. The van der Waals surface area contributed by atoms with Gasteiger partial charge in [-0.25, -0.2) is 4.79 Å². The number of hydrogen-bond acceptors (Lipinski definition) is 4. The van der Waals surface area contributed by atoms with Crippen LogP contribution in [0, 0.1) is 0 Å². The number of carbonyl (C=O) groups is 2. The summed E-state index contributed by atoms with van der Waals surface area (Å²) in [5.74, 6) is -0.786. The molecule has 0 saturated carbocycles. The SMILES string of the molecule is CC(C)(C)OC(=O)c1c(-c2cccc(Cl)c2)oc(-c2cccc(Cl)c2)c1C(=O)c1cccc(Cl)c1. The van der Waals surface area contributed by atoms with Crippen molar-refractivity contribution in [2.24, 2.45) is 0 Å². The van der Waals surface area contributed by atoms with E-state index in [4.69, 9.17) is 44.0 Å². The third kappa shape index (κ3) is 5.62. The first-order chi connectivity index (χ1) is 16.5. The van der Waals surface area contributed by atoms with Crippen LogP contribution in [-0.2, 0) is 4.74 Å². The van der Waals surface area contributed by atoms with Crippen molar-refractivity contribution in [2.75, 3.05) is 0 Å². The van der Waals surface area contributed by atoms with E-state index in [1.54, 1.807) is 87.5 Å². The van der Waals surface area contributed by atoms with Gasteiger partial charge in [-0.3, -0.25) is 4.79 Å². The monoisotopic (exact) mass is 526 g/mol. The molecular weight excluding hydrogens is 507 g/mol. The molecule has 35 heavy (non-hydrogen) atoms. The van der Waals surface area contributed by atoms with Crippen LogP contribution >= 0.6 is 34.8 Å². The van der Waals surface area contributed by atoms with Gasteiger partial charge in [0.15, 0.2) is 5.78 Å². The first-order valence-corrected chi connectivity index (χ1v) is 11.9. The largest absolute Gasteiger partial charge is 0.456 e. The van der Waals surface area contributed by atoms with Crippen molar-refractivity contribution in [3.63, 3.8) is 0 Å². The molecule has 0 bridgehead atoms. The van der Waals surface area contributed by atoms with Crippen LogP contribution in [0.4, 0.5) is 0 Å². The minimum atomic E-state index is -0.813. The molecule has 1 aromatic heterocycles. The minimum Gasteiger partial charge on any atom is -0.456 e. The minimum absolute atomic E-state index is 0.00198. The van der Waals surface area contributed by atoms with Crippen molar-refractivity contribution < 1.29 is 18.7 Å². The Balaban J connectivity index is 2.06. The lowest BCUT2D eigenvalue weighted by Gasteiger charge is -2.20. The molecule has 7 heteroatoms. The number of halogens is 3. The maximum absolute atomic E-state index is 13.9. The highest BCUT2D eigenvalue weighted by molar-refractivity contribution is 6.32. The van der Waals surface area contributed by atoms with Crippen molar-refractivity contribution in [2.45, 2.75) is 26.4 Å². The summed E-state index contributed by atoms with van der Waals surface area (Å²) in [5, 5.41) is 1.28. The van der Waals surface area contributed by atoms with E-state index >= 15 is 0 Å². The van der Waals surface area contributed by atoms with E-state index < -0.39 is 17.4 Å². The van der Waals surface area contributed by atoms with Gasteiger partial charge in [0, 0.05) is 31.8 Å². The van der Waals surface area contributed by atoms with E-state index in [1.807, 2.05) is 0 Å². The summed E-state index contributed by atoms with van der Waals surface area (Å²) in [4.78, 5) is 27.4. The molecule has 4 nitrogen and oxygen atoms in total. The van der Waals surface area contributed by atoms with Gasteiger partial charge < -0.3 is 9.15 Å². The molecule has 0 aliphatic carbocycles. The fraction of sp³-hybridized carbons (Fsp3) is 0.143. The van der Waals surface area contributed by atoms with Crippen LogP contribution in [0.3, 0.4) is 0 Å². The number of hydrogen-bond donors (Lipinski definition) is 0. The van der Waals surface area contributed by atoms with Gasteiger partial charge >= 0.3 is 5.97 Å². The number of furan rings is 1. The average molecular weight is 528 g/mol. The smallest absolute Gasteiger partial charge is 0.343 e. The quantitative estimate of drug-likeness (QED) is 0.192. The van der Waals surface area contributed by atoms with Gasteiger partial charge in [-0.15, -0.1) is 0 Å². The van der Waals surface area contributed by atoms with E-state index in [0.29, 0.717) is 31.8 Å². The summed E-state index contributed by atoms with van der Waals surface area (Å²) in [5.41, 5.74) is 0.588. The average Bonchev–Trinajstić information content (AvgIpc) is 3.18. The number of rotatable bonds is 5. The summed E-state index contributed by atoms with van der Waals surface area (Å²) in [6.45, 7) is 5.25. The van der Waals surface area contributed by atoms with Crippen molar-refractivity contribution in [3.05, 3.63) is 105 Å². The third-order valence-electron chi connectivity index (χ3n) is 5.00. The third-order valence-corrected chi connectivity index (χ3v) is 5.70. The fourth-order valence-corrected chi connectivity index (χ4v) is 4.18. The zero-order chi connectivity index (χ0) is 25.3. The summed E-state index contributed by atoms with van der Waals surface area (Å²) in [7, 11) is 0. The molecule has 0 unspecified atom stereocenters. The highest BCUT2D eigenvalue weighted by Gasteiger charge is 2.34. The molecule has 0 aliphatic heterocycles. The molecule has 0 spiro atoms. The van der Waals surface area contributed by atoms with Crippen LogP contribution in [0.25, 0.3) is 22.6 Å². The highest BCUT2D eigenvalue weighted by Crippen LogP contribution is 2.40. The first-order valence-electron chi connectivity index (χ1n) is 10.8. The van der Waals surface area contributed by atoms with E-state index in [2.05, 4.69) is 0 Å². The molecule has 0 radical (unpaired) electrons. The number of ketones is 1. The Kier molecular flexibility index (Phi) is 7.09. The van der Waals surface area contributed by atoms with E-state index in [9.17, 15) is 9.59 Å². The Hall–Kier alpha value is -3.05. The van der Waals surface area contributed by atoms with E-state index in [0.717, 1.165) is 0 Å². The van der Waals surface area contributed by atoms with Crippen molar-refractivity contribution in [1.29, 1.82) is 0 Å². The second-order valence-electron chi connectivity index (χ2n) is 8.87. The van der Waals surface area contributed by atoms with Crippen molar-refractivity contribution >= 4 is 46.6 Å². The Bertz CT molecular complexity index is 1430. The molecule has 0 N–H and O–H groups in total. The Morgan fingerprint density at radius 1 is 0.714 bits per heavy atom. The zero-order valence-electron chi connectivity index (χ0n) is 19.2. The topological polar surface area (TPSA) is 56.5 Å². The van der Waals surface area contributed by atoms with E-state index in [-0.39, 0.29) is 22.6 Å². The van der Waals surface area contributed by atoms with Crippen molar-refractivity contribution in [3.8, 4) is 22.6 Å². The number of esters is 1. The number of benzene rings is 3. The van der Waals surface area contributed by atoms with Crippen LogP contribution in [0.15, 0.2) is 77.2 Å². The lowest BCUT2D eigenvalue weighted by molar-refractivity contribution is 0.00685. The maximum Gasteiger partial charge on any atom is 0.343 e. The van der Waals surface area contributed by atoms with Crippen molar-refractivity contribution in [1.82, 2.24) is 0 Å². The molecule has 0 aliphatic rings. The van der Waals surface area contributed by atoms with Gasteiger partial charge in [0.05, 0.1) is 5.56 Å². The van der Waals surface area contributed by atoms with Gasteiger partial charge in [0.1, 0.15) is 22.7 Å². The lowest BCUT2D eigenvalue weighted by atomic mass is 9.94. The summed E-state index contributed by atoms with van der Waals surface area (Å²) in [6, 6.07) is 20.2. The summed E-state index contributed by atoms with van der Waals surface area (Å²) >= 11 is 18.6. The molecule has 0 amide bonds. The van der Waals surface area contributed by atoms with Gasteiger partial charge in [-0.1, -0.05) is 71.2 Å². The van der Waals surface area contributed by atoms with Crippen LogP contribution < -0.4 is 0 Å². The molecule has 4 aromatic rings. The molecule has 0 saturated heterocycles. The first kappa shape index (κ1) is 25.1. The molecule has 3 aromatic carbocycles. The Labute approximate surface area is 218 Å². The van der Waals surface area contributed by atoms with Gasteiger partial charge in [0.25, 0.3) is 0 Å². The van der Waals surface area contributed by atoms with E-state index in [1.165, 1.54) is 6.07 Å².